The standard InChI is InChI=1S/C30H42N2O4/c1-3-4-18-26(27(33)28(34)31-23(2)25-16-9-6-10-17-25)32(29(35)36)22-30(20-12-21-30)19-11-15-24-13-7-5-8-14-24/h5-10,13-14,16-17,23,26-27,33H,3-4,11-12,15,18-22H2,1-2H3,(H,31,34)(H,35,36)/t23-,26+,27?/m1/s1. The fourth-order valence-corrected chi connectivity index (χ4v) is 5.36. The number of hydrogen-bond acceptors (Lipinski definition) is 3. The molecule has 0 aliphatic heterocycles. The van der Waals surface area contributed by atoms with Crippen molar-refractivity contribution in [2.24, 2.45) is 5.41 Å². The number of amides is 2. The zero-order valence-electron chi connectivity index (χ0n) is 21.7. The molecule has 2 aromatic rings. The van der Waals surface area contributed by atoms with E-state index in [1.54, 1.807) is 0 Å². The second kappa shape index (κ2) is 13.4. The molecule has 0 radical (unpaired) electrons. The quantitative estimate of drug-likeness (QED) is 0.302. The monoisotopic (exact) mass is 494 g/mol. The van der Waals surface area contributed by atoms with E-state index >= 15 is 0 Å². The molecule has 0 heterocycles. The summed E-state index contributed by atoms with van der Waals surface area (Å²) < 4.78 is 0. The van der Waals surface area contributed by atoms with E-state index in [4.69, 9.17) is 0 Å². The summed E-state index contributed by atoms with van der Waals surface area (Å²) in [6, 6.07) is 18.9. The molecule has 1 aliphatic rings. The lowest BCUT2D eigenvalue weighted by molar-refractivity contribution is -0.134. The summed E-state index contributed by atoms with van der Waals surface area (Å²) in [6.07, 6.45) is 5.56. The third-order valence-corrected chi connectivity index (χ3v) is 7.73. The van der Waals surface area contributed by atoms with Gasteiger partial charge in [0.1, 0.15) is 0 Å². The van der Waals surface area contributed by atoms with Gasteiger partial charge in [-0.1, -0.05) is 86.8 Å². The number of benzene rings is 2. The Kier molecular flexibility index (Phi) is 10.4. The predicted molar refractivity (Wildman–Crippen MR) is 143 cm³/mol. The van der Waals surface area contributed by atoms with E-state index in [9.17, 15) is 19.8 Å². The maximum atomic E-state index is 13.1. The molecule has 2 amide bonds. The van der Waals surface area contributed by atoms with Crippen LogP contribution in [0.4, 0.5) is 4.79 Å². The third-order valence-electron chi connectivity index (χ3n) is 7.73. The minimum Gasteiger partial charge on any atom is -0.465 e. The van der Waals surface area contributed by atoms with Gasteiger partial charge in [-0.3, -0.25) is 4.79 Å². The van der Waals surface area contributed by atoms with Gasteiger partial charge in [0.25, 0.3) is 5.91 Å². The maximum Gasteiger partial charge on any atom is 0.407 e. The van der Waals surface area contributed by atoms with Crippen molar-refractivity contribution in [2.75, 3.05) is 6.54 Å². The Labute approximate surface area is 215 Å². The average Bonchev–Trinajstić information content (AvgIpc) is 2.86. The Morgan fingerprint density at radius 3 is 2.22 bits per heavy atom. The number of carboxylic acid groups (broad SMARTS) is 1. The minimum atomic E-state index is -1.42. The molecular weight excluding hydrogens is 452 g/mol. The van der Waals surface area contributed by atoms with Crippen LogP contribution in [0.25, 0.3) is 0 Å². The highest BCUT2D eigenvalue weighted by Crippen LogP contribution is 2.46. The molecule has 3 N–H and O–H groups in total. The predicted octanol–water partition coefficient (Wildman–Crippen LogP) is 5.96. The maximum absolute atomic E-state index is 13.1. The van der Waals surface area contributed by atoms with E-state index in [-0.39, 0.29) is 11.5 Å². The van der Waals surface area contributed by atoms with Crippen LogP contribution in [-0.2, 0) is 11.2 Å². The van der Waals surface area contributed by atoms with Crippen molar-refractivity contribution in [1.29, 1.82) is 0 Å². The molecule has 0 aromatic heterocycles. The Morgan fingerprint density at radius 1 is 1.03 bits per heavy atom. The lowest BCUT2D eigenvalue weighted by Gasteiger charge is -2.47. The molecule has 6 heteroatoms. The van der Waals surface area contributed by atoms with Crippen LogP contribution in [0.1, 0.15) is 82.4 Å². The summed E-state index contributed by atoms with van der Waals surface area (Å²) in [5.41, 5.74) is 2.15. The third kappa shape index (κ3) is 7.57. The number of nitrogens with one attached hydrogen (secondary N) is 1. The van der Waals surface area contributed by atoms with Gasteiger partial charge in [-0.15, -0.1) is 0 Å². The molecule has 0 saturated heterocycles. The van der Waals surface area contributed by atoms with Gasteiger partial charge in [0.05, 0.1) is 12.1 Å². The van der Waals surface area contributed by atoms with E-state index in [0.717, 1.165) is 56.9 Å². The van der Waals surface area contributed by atoms with Crippen LogP contribution in [-0.4, -0.2) is 45.8 Å². The van der Waals surface area contributed by atoms with E-state index < -0.39 is 24.1 Å². The number of rotatable bonds is 14. The summed E-state index contributed by atoms with van der Waals surface area (Å²) >= 11 is 0. The van der Waals surface area contributed by atoms with E-state index in [1.165, 1.54) is 10.5 Å². The van der Waals surface area contributed by atoms with Gasteiger partial charge in [-0.25, -0.2) is 4.79 Å². The average molecular weight is 495 g/mol. The highest BCUT2D eigenvalue weighted by Gasteiger charge is 2.43. The minimum absolute atomic E-state index is 0.0782. The normalized spacial score (nSPS) is 16.9. The van der Waals surface area contributed by atoms with Crippen LogP contribution in [0.5, 0.6) is 0 Å². The second-order valence-electron chi connectivity index (χ2n) is 10.4. The summed E-state index contributed by atoms with van der Waals surface area (Å²) in [6.45, 7) is 4.26. The van der Waals surface area contributed by atoms with Gasteiger partial charge in [-0.2, -0.15) is 0 Å². The zero-order chi connectivity index (χ0) is 26.0. The van der Waals surface area contributed by atoms with Gasteiger partial charge in [0.15, 0.2) is 6.10 Å². The topological polar surface area (TPSA) is 89.9 Å². The molecule has 36 heavy (non-hydrogen) atoms. The summed E-state index contributed by atoms with van der Waals surface area (Å²) in [7, 11) is 0. The molecule has 2 aromatic carbocycles. The van der Waals surface area contributed by atoms with Crippen LogP contribution >= 0.6 is 0 Å². The first kappa shape index (κ1) is 27.7. The van der Waals surface area contributed by atoms with Gasteiger partial charge < -0.3 is 20.4 Å². The fraction of sp³-hybridized carbons (Fsp3) is 0.533. The van der Waals surface area contributed by atoms with E-state index in [0.29, 0.717) is 13.0 Å². The summed E-state index contributed by atoms with van der Waals surface area (Å²) in [5, 5.41) is 24.2. The van der Waals surface area contributed by atoms with Crippen molar-refractivity contribution >= 4 is 12.0 Å². The fourth-order valence-electron chi connectivity index (χ4n) is 5.36. The Balaban J connectivity index is 1.69. The molecular formula is C30H42N2O4. The van der Waals surface area contributed by atoms with Crippen molar-refractivity contribution in [3.8, 4) is 0 Å². The molecule has 1 aliphatic carbocycles. The molecule has 3 rings (SSSR count). The first-order valence-electron chi connectivity index (χ1n) is 13.4. The molecule has 0 spiro atoms. The Hall–Kier alpha value is -2.86. The molecule has 3 atom stereocenters. The second-order valence-corrected chi connectivity index (χ2v) is 10.4. The van der Waals surface area contributed by atoms with Crippen LogP contribution in [0.2, 0.25) is 0 Å². The number of aliphatic hydroxyl groups is 1. The molecule has 1 saturated carbocycles. The van der Waals surface area contributed by atoms with Crippen LogP contribution < -0.4 is 5.32 Å². The van der Waals surface area contributed by atoms with Crippen molar-refractivity contribution in [1.82, 2.24) is 10.2 Å². The van der Waals surface area contributed by atoms with Gasteiger partial charge in [-0.05, 0) is 62.0 Å². The number of unbranched alkanes of at least 4 members (excludes halogenated alkanes) is 1. The Bertz CT molecular complexity index is 946. The van der Waals surface area contributed by atoms with Crippen LogP contribution in [0.15, 0.2) is 60.7 Å². The van der Waals surface area contributed by atoms with E-state index in [2.05, 4.69) is 17.4 Å². The number of carbonyl (C=O) groups excluding carboxylic acids is 1. The smallest absolute Gasteiger partial charge is 0.407 e. The van der Waals surface area contributed by atoms with Crippen molar-refractivity contribution in [2.45, 2.75) is 89.8 Å². The number of aliphatic hydroxyl groups excluding tert-OH is 1. The number of nitrogens with zero attached hydrogens (tertiary/aromatic N) is 1. The van der Waals surface area contributed by atoms with Crippen LogP contribution in [0.3, 0.4) is 0 Å². The van der Waals surface area contributed by atoms with Crippen LogP contribution in [0, 0.1) is 5.41 Å². The summed E-state index contributed by atoms with van der Waals surface area (Å²) in [5.74, 6) is -0.523. The highest BCUT2D eigenvalue weighted by atomic mass is 16.4. The van der Waals surface area contributed by atoms with E-state index in [1.807, 2.05) is 62.4 Å². The number of carbonyl (C=O) groups is 2. The first-order valence-corrected chi connectivity index (χ1v) is 13.4. The first-order chi connectivity index (χ1) is 17.3. The lowest BCUT2D eigenvalue weighted by atomic mass is 9.65. The van der Waals surface area contributed by atoms with Crippen molar-refractivity contribution in [3.63, 3.8) is 0 Å². The molecule has 0 bridgehead atoms. The molecule has 1 unspecified atom stereocenters. The lowest BCUT2D eigenvalue weighted by Crippen LogP contribution is -2.56. The molecule has 6 nitrogen and oxygen atoms in total. The van der Waals surface area contributed by atoms with Crippen molar-refractivity contribution < 1.29 is 19.8 Å². The summed E-state index contributed by atoms with van der Waals surface area (Å²) in [4.78, 5) is 26.9. The van der Waals surface area contributed by atoms with Crippen molar-refractivity contribution in [3.05, 3.63) is 71.8 Å². The number of aryl methyl sites for hydroxylation is 1. The molecule has 196 valence electrons. The van der Waals surface area contributed by atoms with Gasteiger partial charge in [0, 0.05) is 6.54 Å². The number of hydrogen-bond donors (Lipinski definition) is 3. The largest absolute Gasteiger partial charge is 0.465 e. The Morgan fingerprint density at radius 2 is 1.67 bits per heavy atom. The SMILES string of the molecule is CCCC[C@@H](C(O)C(=O)N[C@H](C)c1ccccc1)N(CC1(CCCc2ccccc2)CCC1)C(=O)O. The highest BCUT2D eigenvalue weighted by molar-refractivity contribution is 5.82. The van der Waals surface area contributed by atoms with Gasteiger partial charge >= 0.3 is 6.09 Å². The molecule has 1 fully saturated rings. The van der Waals surface area contributed by atoms with Gasteiger partial charge in [0.2, 0.25) is 0 Å². The zero-order valence-corrected chi connectivity index (χ0v) is 21.7.